The van der Waals surface area contributed by atoms with Gasteiger partial charge in [-0.1, -0.05) is 34.2 Å². The third-order valence-electron chi connectivity index (χ3n) is 1.63. The van der Waals surface area contributed by atoms with Gasteiger partial charge in [-0.3, -0.25) is 0 Å². The van der Waals surface area contributed by atoms with Gasteiger partial charge in [0.1, 0.15) is 5.01 Å². The predicted molar refractivity (Wildman–Crippen MR) is 51.8 cm³/mol. The molecule has 8 heteroatoms. The van der Waals surface area contributed by atoms with Gasteiger partial charge in [0.25, 0.3) is 0 Å². The molecule has 86 valence electrons. The Labute approximate surface area is 95.8 Å². The molecule has 0 radical (unpaired) electrons. The Hall–Kier alpha value is -0.240. The highest BCUT2D eigenvalue weighted by Gasteiger charge is 2.46. The number of nitrogens with zero attached hydrogens (tertiary/aromatic N) is 2. The van der Waals surface area contributed by atoms with E-state index in [0.29, 0.717) is 17.8 Å². The minimum atomic E-state index is -4.21. The predicted octanol–water partition coefficient (Wildman–Crippen LogP) is 3.74. The van der Waals surface area contributed by atoms with Gasteiger partial charge in [0.05, 0.1) is 4.83 Å². The molecule has 0 amide bonds. The van der Waals surface area contributed by atoms with Gasteiger partial charge in [-0.05, 0) is 6.42 Å². The molecule has 0 fully saturated rings. The molecule has 0 N–H and O–H groups in total. The summed E-state index contributed by atoms with van der Waals surface area (Å²) in [6.45, 7) is 1.81. The lowest BCUT2D eigenvalue weighted by Crippen LogP contribution is -2.23. The van der Waals surface area contributed by atoms with Gasteiger partial charge in [0, 0.05) is 0 Å². The number of alkyl halides is 5. The fraction of sp³-hybridized carbons (Fsp3) is 0.714. The molecule has 0 saturated carbocycles. The van der Waals surface area contributed by atoms with Gasteiger partial charge < -0.3 is 0 Å². The Morgan fingerprint density at radius 2 is 2.00 bits per heavy atom. The second kappa shape index (κ2) is 4.73. The van der Waals surface area contributed by atoms with Gasteiger partial charge >= 0.3 is 12.3 Å². The SMILES string of the molecule is CCC(Br)c1nnc(C(F)(F)C(F)F)s1. The Balaban J connectivity index is 2.93. The topological polar surface area (TPSA) is 25.8 Å². The van der Waals surface area contributed by atoms with Crippen molar-refractivity contribution in [1.29, 1.82) is 0 Å². The van der Waals surface area contributed by atoms with Gasteiger partial charge in [0.15, 0.2) is 5.01 Å². The van der Waals surface area contributed by atoms with Gasteiger partial charge in [-0.25, -0.2) is 8.78 Å². The Kier molecular flexibility index (Phi) is 4.05. The fourth-order valence-electron chi connectivity index (χ4n) is 0.764. The van der Waals surface area contributed by atoms with Crippen molar-refractivity contribution < 1.29 is 17.6 Å². The molecule has 2 nitrogen and oxygen atoms in total. The van der Waals surface area contributed by atoms with Crippen molar-refractivity contribution in [2.75, 3.05) is 0 Å². The van der Waals surface area contributed by atoms with E-state index in [-0.39, 0.29) is 9.83 Å². The summed E-state index contributed by atoms with van der Waals surface area (Å²) in [6.07, 6.45) is -3.14. The van der Waals surface area contributed by atoms with Crippen LogP contribution in [0, 0.1) is 0 Å². The van der Waals surface area contributed by atoms with Crippen LogP contribution in [0.15, 0.2) is 0 Å². The minimum Gasteiger partial charge on any atom is -0.203 e. The summed E-state index contributed by atoms with van der Waals surface area (Å²) in [4.78, 5) is -0.225. The maximum absolute atomic E-state index is 12.8. The molecule has 0 aromatic carbocycles. The summed E-state index contributed by atoms with van der Waals surface area (Å²) in [5.41, 5.74) is 0. The second-order valence-electron chi connectivity index (χ2n) is 2.74. The largest absolute Gasteiger partial charge is 0.359 e. The highest BCUT2D eigenvalue weighted by Crippen LogP contribution is 2.38. The molecule has 0 aliphatic rings. The van der Waals surface area contributed by atoms with Crippen LogP contribution in [0.2, 0.25) is 0 Å². The average Bonchev–Trinajstić information content (AvgIpc) is 2.65. The molecule has 1 aromatic heterocycles. The molecule has 1 heterocycles. The average molecular weight is 307 g/mol. The van der Waals surface area contributed by atoms with E-state index >= 15 is 0 Å². The Bertz CT molecular complexity index is 331. The zero-order valence-electron chi connectivity index (χ0n) is 7.55. The van der Waals surface area contributed by atoms with Crippen LogP contribution >= 0.6 is 27.3 Å². The molecule has 15 heavy (non-hydrogen) atoms. The van der Waals surface area contributed by atoms with Crippen molar-refractivity contribution in [3.8, 4) is 0 Å². The van der Waals surface area contributed by atoms with Crippen LogP contribution in [0.4, 0.5) is 17.6 Å². The van der Waals surface area contributed by atoms with Crippen LogP contribution in [-0.2, 0) is 5.92 Å². The maximum atomic E-state index is 12.8. The zero-order valence-corrected chi connectivity index (χ0v) is 9.96. The normalized spacial score (nSPS) is 14.6. The molecule has 1 aromatic rings. The third kappa shape index (κ3) is 2.66. The Morgan fingerprint density at radius 1 is 1.40 bits per heavy atom. The smallest absolute Gasteiger partial charge is 0.203 e. The van der Waals surface area contributed by atoms with E-state index in [2.05, 4.69) is 26.1 Å². The van der Waals surface area contributed by atoms with E-state index in [4.69, 9.17) is 0 Å². The second-order valence-corrected chi connectivity index (χ2v) is 4.86. The van der Waals surface area contributed by atoms with Gasteiger partial charge in [0.2, 0.25) is 0 Å². The van der Waals surface area contributed by atoms with Crippen molar-refractivity contribution >= 4 is 27.3 Å². The first-order valence-electron chi connectivity index (χ1n) is 4.03. The molecule has 1 atom stereocenters. The van der Waals surface area contributed by atoms with Crippen molar-refractivity contribution in [2.45, 2.75) is 30.5 Å². The van der Waals surface area contributed by atoms with E-state index < -0.39 is 17.4 Å². The molecular weight excluding hydrogens is 300 g/mol. The maximum Gasteiger partial charge on any atom is 0.359 e. The molecule has 1 unspecified atom stereocenters. The Morgan fingerprint density at radius 3 is 2.47 bits per heavy atom. The summed E-state index contributed by atoms with van der Waals surface area (Å²) in [7, 11) is 0. The molecule has 0 aliphatic carbocycles. The number of hydrogen-bond acceptors (Lipinski definition) is 3. The quantitative estimate of drug-likeness (QED) is 0.625. The van der Waals surface area contributed by atoms with Crippen LogP contribution in [0.3, 0.4) is 0 Å². The molecular formula is C7H7BrF4N2S. The van der Waals surface area contributed by atoms with Crippen molar-refractivity contribution in [2.24, 2.45) is 0 Å². The van der Waals surface area contributed by atoms with Gasteiger partial charge in [-0.2, -0.15) is 8.78 Å². The van der Waals surface area contributed by atoms with Gasteiger partial charge in [-0.15, -0.1) is 10.2 Å². The molecule has 0 bridgehead atoms. The number of rotatable bonds is 4. The molecule has 0 aliphatic heterocycles. The first kappa shape index (κ1) is 12.8. The highest BCUT2D eigenvalue weighted by molar-refractivity contribution is 9.09. The summed E-state index contributed by atoms with van der Waals surface area (Å²) in [5.74, 6) is -4.21. The van der Waals surface area contributed by atoms with Crippen molar-refractivity contribution in [3.63, 3.8) is 0 Å². The van der Waals surface area contributed by atoms with E-state index in [1.165, 1.54) is 0 Å². The number of hydrogen-bond donors (Lipinski definition) is 0. The van der Waals surface area contributed by atoms with E-state index in [1.54, 1.807) is 0 Å². The molecule has 0 saturated heterocycles. The monoisotopic (exact) mass is 306 g/mol. The zero-order chi connectivity index (χ0) is 11.6. The highest BCUT2D eigenvalue weighted by atomic mass is 79.9. The van der Waals surface area contributed by atoms with Crippen molar-refractivity contribution in [1.82, 2.24) is 10.2 Å². The van der Waals surface area contributed by atoms with E-state index in [9.17, 15) is 17.6 Å². The first-order valence-corrected chi connectivity index (χ1v) is 5.76. The lowest BCUT2D eigenvalue weighted by atomic mass is 10.4. The summed E-state index contributed by atoms with van der Waals surface area (Å²) in [5, 5.41) is 5.88. The lowest BCUT2D eigenvalue weighted by molar-refractivity contribution is -0.135. The minimum absolute atomic E-state index is 0.225. The fourth-order valence-corrected chi connectivity index (χ4v) is 2.02. The molecule has 0 spiro atoms. The number of aromatic nitrogens is 2. The van der Waals surface area contributed by atoms with Crippen LogP contribution in [0.5, 0.6) is 0 Å². The van der Waals surface area contributed by atoms with Crippen LogP contribution < -0.4 is 0 Å². The standard InChI is InChI=1S/C7H7BrF4N2S/c1-2-3(8)4-13-14-6(15-4)7(11,12)5(9)10/h3,5H,2H2,1H3. The lowest BCUT2D eigenvalue weighted by Gasteiger charge is -2.10. The summed E-state index contributed by atoms with van der Waals surface area (Å²) < 4.78 is 49.5. The third-order valence-corrected chi connectivity index (χ3v) is 4.13. The summed E-state index contributed by atoms with van der Waals surface area (Å²) in [6, 6.07) is 0. The van der Waals surface area contributed by atoms with Crippen LogP contribution in [0.25, 0.3) is 0 Å². The summed E-state index contributed by atoms with van der Waals surface area (Å²) >= 11 is 3.68. The number of halogens is 5. The van der Waals surface area contributed by atoms with Crippen LogP contribution in [0.1, 0.15) is 28.2 Å². The first-order chi connectivity index (χ1) is 6.89. The van der Waals surface area contributed by atoms with Crippen molar-refractivity contribution in [3.05, 3.63) is 10.0 Å². The van der Waals surface area contributed by atoms with E-state index in [0.717, 1.165) is 0 Å². The molecule has 1 rings (SSSR count). The van der Waals surface area contributed by atoms with Crippen LogP contribution in [-0.4, -0.2) is 16.6 Å². The van der Waals surface area contributed by atoms with E-state index in [1.807, 2.05) is 6.92 Å².